The lowest BCUT2D eigenvalue weighted by Gasteiger charge is -2.24. The first kappa shape index (κ1) is 27.6. The number of benzene rings is 2. The van der Waals surface area contributed by atoms with Gasteiger partial charge in [-0.05, 0) is 48.7 Å². The summed E-state index contributed by atoms with van der Waals surface area (Å²) in [4.78, 5) is 32.9. The van der Waals surface area contributed by atoms with E-state index in [9.17, 15) is 9.59 Å². The highest BCUT2D eigenvalue weighted by Crippen LogP contribution is 2.48. The number of nitrogens with zero attached hydrogens (tertiary/aromatic N) is 4. The Morgan fingerprint density at radius 3 is 2.48 bits per heavy atom. The Balaban J connectivity index is 1.66. The molecule has 2 amide bonds. The fraction of sp³-hybridized carbons (Fsp3) is 0.312. The highest BCUT2D eigenvalue weighted by atomic mass is 32.2. The zero-order valence-corrected chi connectivity index (χ0v) is 24.5. The van der Waals surface area contributed by atoms with Crippen LogP contribution in [0, 0.1) is 13.8 Å². The van der Waals surface area contributed by atoms with Crippen molar-refractivity contribution in [2.24, 2.45) is 0 Å². The van der Waals surface area contributed by atoms with Crippen molar-refractivity contribution < 1.29 is 9.59 Å². The molecular formula is C32H35N5O2S. The number of carbonyl (C=O) groups excluding carboxylic acids is 2. The van der Waals surface area contributed by atoms with Gasteiger partial charge in [-0.15, -0.1) is 11.8 Å². The van der Waals surface area contributed by atoms with Crippen molar-refractivity contribution in [3.63, 3.8) is 0 Å². The lowest BCUT2D eigenvalue weighted by molar-refractivity contribution is -0.123. The molecule has 40 heavy (non-hydrogen) atoms. The molecule has 0 spiro atoms. The Labute approximate surface area is 240 Å². The second kappa shape index (κ2) is 11.3. The molecule has 206 valence electrons. The molecule has 1 N–H and O–H groups in total. The number of thioether (sulfide) groups is 1. The number of carbonyl (C=O) groups is 2. The topological polar surface area (TPSA) is 80.1 Å². The molecule has 0 bridgehead atoms. The van der Waals surface area contributed by atoms with Crippen LogP contribution in [0.15, 0.2) is 73.1 Å². The third-order valence-electron chi connectivity index (χ3n) is 6.90. The Kier molecular flexibility index (Phi) is 7.81. The molecule has 0 fully saturated rings. The van der Waals surface area contributed by atoms with E-state index in [0.717, 1.165) is 39.2 Å². The molecule has 0 unspecified atom stereocenters. The minimum Gasteiger partial charge on any atom is -0.350 e. The van der Waals surface area contributed by atoms with E-state index in [2.05, 4.69) is 68.3 Å². The fourth-order valence-corrected chi connectivity index (χ4v) is 6.20. The highest BCUT2D eigenvalue weighted by Gasteiger charge is 2.40. The third-order valence-corrected chi connectivity index (χ3v) is 8.16. The smallest absolute Gasteiger partial charge is 0.240 e. The third kappa shape index (κ3) is 5.82. The largest absolute Gasteiger partial charge is 0.350 e. The van der Waals surface area contributed by atoms with E-state index >= 15 is 0 Å². The Hall–Kier alpha value is -3.91. The van der Waals surface area contributed by atoms with Crippen LogP contribution in [-0.2, 0) is 21.5 Å². The number of anilines is 1. The monoisotopic (exact) mass is 553 g/mol. The molecule has 0 radical (unpaired) electrons. The van der Waals surface area contributed by atoms with E-state index in [1.54, 1.807) is 29.1 Å². The zero-order chi connectivity index (χ0) is 28.4. The minimum absolute atomic E-state index is 0.103. The molecule has 3 heterocycles. The van der Waals surface area contributed by atoms with E-state index in [4.69, 9.17) is 5.10 Å². The molecule has 4 aromatic rings. The Bertz CT molecular complexity index is 1540. The van der Waals surface area contributed by atoms with Gasteiger partial charge in [-0.25, -0.2) is 4.68 Å². The molecule has 8 heteroatoms. The van der Waals surface area contributed by atoms with Crippen LogP contribution < -0.4 is 10.2 Å². The van der Waals surface area contributed by atoms with Crippen LogP contribution in [0.2, 0.25) is 0 Å². The number of amides is 2. The number of fused-ring (bicyclic) bond motifs is 1. The molecule has 7 nitrogen and oxygen atoms in total. The minimum atomic E-state index is -0.302. The average Bonchev–Trinajstić information content (AvgIpc) is 3.26. The van der Waals surface area contributed by atoms with Gasteiger partial charge in [-0.3, -0.25) is 19.5 Å². The summed E-state index contributed by atoms with van der Waals surface area (Å²) < 4.78 is 1.86. The Morgan fingerprint density at radius 2 is 1.80 bits per heavy atom. The van der Waals surface area contributed by atoms with Gasteiger partial charge in [0.05, 0.1) is 22.4 Å². The highest BCUT2D eigenvalue weighted by molar-refractivity contribution is 8.00. The lowest BCUT2D eigenvalue weighted by Crippen LogP contribution is -2.42. The normalized spacial score (nSPS) is 15.5. The van der Waals surface area contributed by atoms with E-state index in [1.807, 2.05) is 41.9 Å². The maximum absolute atomic E-state index is 13.8. The van der Waals surface area contributed by atoms with Gasteiger partial charge < -0.3 is 5.32 Å². The van der Waals surface area contributed by atoms with Crippen molar-refractivity contribution in [3.8, 4) is 5.69 Å². The molecule has 2 aromatic heterocycles. The maximum atomic E-state index is 13.8. The molecule has 1 aliphatic heterocycles. The van der Waals surface area contributed by atoms with E-state index in [1.165, 1.54) is 0 Å². The standard InChI is InChI=1S/C32H35N5O2S/c1-21-9-6-12-24(15-21)29-28-30(32(3,4)5)35-37(25-13-7-10-22(2)16-25)31(28)36(27(39)20-40-29)19-26(38)34-18-23-11-8-14-33-17-23/h6-17,29H,18-20H2,1-5H3,(H,34,38)/t29-/m0/s1. The van der Waals surface area contributed by atoms with Gasteiger partial charge in [0.25, 0.3) is 0 Å². The van der Waals surface area contributed by atoms with Crippen LogP contribution in [-0.4, -0.2) is 38.9 Å². The van der Waals surface area contributed by atoms with Crippen LogP contribution in [0.4, 0.5) is 5.82 Å². The summed E-state index contributed by atoms with van der Waals surface area (Å²) in [5.74, 6) is 0.554. The molecule has 5 rings (SSSR count). The summed E-state index contributed by atoms with van der Waals surface area (Å²) in [7, 11) is 0. The van der Waals surface area contributed by atoms with Crippen molar-refractivity contribution in [1.82, 2.24) is 20.1 Å². The van der Waals surface area contributed by atoms with Crippen molar-refractivity contribution in [1.29, 1.82) is 0 Å². The van der Waals surface area contributed by atoms with Crippen molar-refractivity contribution in [2.75, 3.05) is 17.2 Å². The van der Waals surface area contributed by atoms with Crippen molar-refractivity contribution in [2.45, 2.75) is 51.8 Å². The predicted molar refractivity (Wildman–Crippen MR) is 161 cm³/mol. The van der Waals surface area contributed by atoms with E-state index in [-0.39, 0.29) is 34.8 Å². The molecule has 1 atom stereocenters. The van der Waals surface area contributed by atoms with Gasteiger partial charge >= 0.3 is 0 Å². The molecule has 0 aliphatic carbocycles. The van der Waals surface area contributed by atoms with Crippen LogP contribution in [0.25, 0.3) is 5.69 Å². The van der Waals surface area contributed by atoms with Crippen molar-refractivity contribution >= 4 is 29.4 Å². The van der Waals surface area contributed by atoms with Crippen molar-refractivity contribution in [3.05, 3.63) is 107 Å². The first-order valence-electron chi connectivity index (χ1n) is 13.5. The first-order valence-corrected chi connectivity index (χ1v) is 14.5. The first-order chi connectivity index (χ1) is 19.1. The summed E-state index contributed by atoms with van der Waals surface area (Å²) in [6.45, 7) is 10.8. The van der Waals surface area contributed by atoms with E-state index in [0.29, 0.717) is 12.4 Å². The van der Waals surface area contributed by atoms with Crippen LogP contribution in [0.1, 0.15) is 59.5 Å². The van der Waals surface area contributed by atoms with Gasteiger partial charge in [0, 0.05) is 29.9 Å². The molecule has 0 saturated heterocycles. The quantitative estimate of drug-likeness (QED) is 0.333. The summed E-state index contributed by atoms with van der Waals surface area (Å²) >= 11 is 1.60. The Morgan fingerprint density at radius 1 is 1.05 bits per heavy atom. The predicted octanol–water partition coefficient (Wildman–Crippen LogP) is 5.67. The van der Waals surface area contributed by atoms with Gasteiger partial charge in [0.15, 0.2) is 0 Å². The number of aromatic nitrogens is 3. The fourth-order valence-electron chi connectivity index (χ4n) is 5.01. The molecular weight excluding hydrogens is 518 g/mol. The number of hydrogen-bond donors (Lipinski definition) is 1. The average molecular weight is 554 g/mol. The maximum Gasteiger partial charge on any atom is 0.240 e. The number of pyridine rings is 1. The molecule has 2 aromatic carbocycles. The van der Waals surface area contributed by atoms with Gasteiger partial charge in [-0.2, -0.15) is 5.10 Å². The summed E-state index contributed by atoms with van der Waals surface area (Å²) in [6, 6.07) is 20.3. The van der Waals surface area contributed by atoms with Gasteiger partial charge in [0.1, 0.15) is 12.4 Å². The van der Waals surface area contributed by atoms with E-state index < -0.39 is 0 Å². The molecule has 1 aliphatic rings. The van der Waals surface area contributed by atoms with Crippen LogP contribution in [0.3, 0.4) is 0 Å². The summed E-state index contributed by atoms with van der Waals surface area (Å²) in [5, 5.41) is 8.02. The van der Waals surface area contributed by atoms with Gasteiger partial charge in [0.2, 0.25) is 11.8 Å². The number of nitrogens with one attached hydrogen (secondary N) is 1. The SMILES string of the molecule is Cc1cccc([C@@H]2SCC(=O)N(CC(=O)NCc3cccnc3)c3c2c(C(C)(C)C)nn3-c2cccc(C)c2)c1. The summed E-state index contributed by atoms with van der Waals surface area (Å²) in [5.41, 5.74) is 6.72. The lowest BCUT2D eigenvalue weighted by atomic mass is 9.87. The van der Waals surface area contributed by atoms with Crippen LogP contribution >= 0.6 is 11.8 Å². The van der Waals surface area contributed by atoms with Gasteiger partial charge in [-0.1, -0.05) is 68.8 Å². The second-order valence-corrected chi connectivity index (χ2v) is 12.4. The van der Waals surface area contributed by atoms with Crippen LogP contribution in [0.5, 0.6) is 0 Å². The summed E-state index contributed by atoms with van der Waals surface area (Å²) in [6.07, 6.45) is 3.42. The number of hydrogen-bond acceptors (Lipinski definition) is 5. The number of rotatable bonds is 6. The molecule has 0 saturated carbocycles. The number of aryl methyl sites for hydroxylation is 2. The zero-order valence-electron chi connectivity index (χ0n) is 23.6. The second-order valence-electron chi connectivity index (χ2n) is 11.3.